The van der Waals surface area contributed by atoms with E-state index in [2.05, 4.69) is 5.32 Å². The Labute approximate surface area is 101 Å². The van der Waals surface area contributed by atoms with Gasteiger partial charge in [0.05, 0.1) is 5.69 Å². The zero-order valence-electron chi connectivity index (χ0n) is 10.0. The van der Waals surface area contributed by atoms with Crippen molar-refractivity contribution in [2.75, 3.05) is 5.32 Å². The molecule has 0 radical (unpaired) electrons. The van der Waals surface area contributed by atoms with Crippen molar-refractivity contribution >= 4 is 5.69 Å². The predicted octanol–water partition coefficient (Wildman–Crippen LogP) is 4.49. The van der Waals surface area contributed by atoms with E-state index < -0.39 is 11.6 Å². The van der Waals surface area contributed by atoms with Crippen LogP contribution in [0.2, 0.25) is 0 Å². The number of nitrogens with one attached hydrogen (secondary N) is 1. The molecule has 0 saturated heterocycles. The van der Waals surface area contributed by atoms with Gasteiger partial charge in [0.2, 0.25) is 0 Å². The number of hydrogen-bond acceptors (Lipinski definition) is 1. The Hall–Kier alpha value is -1.12. The lowest BCUT2D eigenvalue weighted by molar-refractivity contribution is 0.466. The molecule has 3 heteroatoms. The molecule has 2 rings (SSSR count). The molecule has 1 aliphatic rings. The van der Waals surface area contributed by atoms with Crippen LogP contribution in [0.1, 0.15) is 44.9 Å². The Balaban J connectivity index is 2.00. The normalized spacial score (nSPS) is 18.5. The summed E-state index contributed by atoms with van der Waals surface area (Å²) in [5.41, 5.74) is 0.301. The molecular weight excluding hydrogens is 220 g/mol. The van der Waals surface area contributed by atoms with Crippen LogP contribution in [0, 0.1) is 11.6 Å². The van der Waals surface area contributed by atoms with Crippen molar-refractivity contribution in [2.24, 2.45) is 0 Å². The molecule has 1 fully saturated rings. The second-order valence-electron chi connectivity index (χ2n) is 4.79. The van der Waals surface area contributed by atoms with Gasteiger partial charge in [-0.15, -0.1) is 0 Å². The van der Waals surface area contributed by atoms with E-state index in [1.165, 1.54) is 32.1 Å². The van der Waals surface area contributed by atoms with Gasteiger partial charge in [-0.1, -0.05) is 38.2 Å². The first-order valence-corrected chi connectivity index (χ1v) is 6.48. The topological polar surface area (TPSA) is 12.0 Å². The Bertz CT molecular complexity index is 357. The van der Waals surface area contributed by atoms with Crippen LogP contribution in [0.3, 0.4) is 0 Å². The summed E-state index contributed by atoms with van der Waals surface area (Å²) in [7, 11) is 0. The van der Waals surface area contributed by atoms with Gasteiger partial charge in [0.1, 0.15) is 0 Å². The van der Waals surface area contributed by atoms with Crippen LogP contribution in [0.4, 0.5) is 14.5 Å². The van der Waals surface area contributed by atoms with Crippen molar-refractivity contribution in [1.29, 1.82) is 0 Å². The Morgan fingerprint density at radius 1 is 0.941 bits per heavy atom. The predicted molar refractivity (Wildman–Crippen MR) is 66.1 cm³/mol. The molecule has 1 nitrogen and oxygen atoms in total. The number of hydrogen-bond donors (Lipinski definition) is 1. The van der Waals surface area contributed by atoms with Crippen molar-refractivity contribution in [3.05, 3.63) is 29.8 Å². The van der Waals surface area contributed by atoms with Crippen molar-refractivity contribution < 1.29 is 8.78 Å². The second-order valence-corrected chi connectivity index (χ2v) is 4.79. The monoisotopic (exact) mass is 239 g/mol. The van der Waals surface area contributed by atoms with Crippen LogP contribution in [0.15, 0.2) is 18.2 Å². The van der Waals surface area contributed by atoms with Crippen LogP contribution >= 0.6 is 0 Å². The standard InChI is InChI=1S/C14H19F2N/c15-12-9-6-10-13(14(12)16)17-11-7-4-2-1-3-5-8-11/h6,9-11,17H,1-5,7-8H2. The maximum Gasteiger partial charge on any atom is 0.181 e. The fourth-order valence-corrected chi connectivity index (χ4v) is 2.44. The fraction of sp³-hybridized carbons (Fsp3) is 0.571. The number of rotatable bonds is 2. The molecule has 17 heavy (non-hydrogen) atoms. The Morgan fingerprint density at radius 3 is 2.29 bits per heavy atom. The smallest absolute Gasteiger partial charge is 0.181 e. The maximum atomic E-state index is 13.5. The highest BCUT2D eigenvalue weighted by atomic mass is 19.2. The van der Waals surface area contributed by atoms with E-state index in [1.54, 1.807) is 12.1 Å². The first kappa shape index (κ1) is 12.3. The molecule has 1 aromatic rings. The molecule has 0 aromatic heterocycles. The molecule has 0 amide bonds. The molecule has 1 aromatic carbocycles. The van der Waals surface area contributed by atoms with Crippen LogP contribution in [-0.2, 0) is 0 Å². The van der Waals surface area contributed by atoms with E-state index in [1.807, 2.05) is 0 Å². The zero-order valence-corrected chi connectivity index (χ0v) is 10.0. The second kappa shape index (κ2) is 5.99. The maximum absolute atomic E-state index is 13.5. The van der Waals surface area contributed by atoms with Gasteiger partial charge in [0.25, 0.3) is 0 Å². The van der Waals surface area contributed by atoms with E-state index in [9.17, 15) is 8.78 Å². The van der Waals surface area contributed by atoms with Gasteiger partial charge in [-0.25, -0.2) is 8.78 Å². The summed E-state index contributed by atoms with van der Waals surface area (Å²) in [6.45, 7) is 0. The number of halogens is 2. The van der Waals surface area contributed by atoms with Crippen LogP contribution in [-0.4, -0.2) is 6.04 Å². The minimum absolute atomic E-state index is 0.284. The Kier molecular flexibility index (Phi) is 4.35. The molecule has 0 spiro atoms. The SMILES string of the molecule is Fc1cccc(NC2CCCCCCC2)c1F. The zero-order chi connectivity index (χ0) is 12.1. The quantitative estimate of drug-likeness (QED) is 0.801. The third-order valence-electron chi connectivity index (χ3n) is 3.42. The Morgan fingerprint density at radius 2 is 1.59 bits per heavy atom. The average Bonchev–Trinajstić information content (AvgIpc) is 2.28. The molecule has 0 bridgehead atoms. The third kappa shape index (κ3) is 3.42. The minimum atomic E-state index is -0.777. The van der Waals surface area contributed by atoms with Gasteiger partial charge >= 0.3 is 0 Å². The lowest BCUT2D eigenvalue weighted by atomic mass is 9.96. The first-order valence-electron chi connectivity index (χ1n) is 6.48. The van der Waals surface area contributed by atoms with Crippen LogP contribution < -0.4 is 5.32 Å². The third-order valence-corrected chi connectivity index (χ3v) is 3.42. The van der Waals surface area contributed by atoms with E-state index in [4.69, 9.17) is 0 Å². The summed E-state index contributed by atoms with van der Waals surface area (Å²) in [5.74, 6) is -1.53. The molecule has 94 valence electrons. The van der Waals surface area contributed by atoms with Crippen molar-refractivity contribution in [1.82, 2.24) is 0 Å². The average molecular weight is 239 g/mol. The van der Waals surface area contributed by atoms with E-state index in [0.29, 0.717) is 5.69 Å². The summed E-state index contributed by atoms with van der Waals surface area (Å²) in [6, 6.07) is 4.59. The van der Waals surface area contributed by atoms with Gasteiger partial charge in [0, 0.05) is 6.04 Å². The highest BCUT2D eigenvalue weighted by Gasteiger charge is 2.14. The van der Waals surface area contributed by atoms with Crippen LogP contribution in [0.5, 0.6) is 0 Å². The first-order chi connectivity index (χ1) is 8.27. The lowest BCUT2D eigenvalue weighted by Gasteiger charge is -2.22. The molecule has 1 aliphatic carbocycles. The molecule has 0 atom stereocenters. The number of anilines is 1. The molecule has 0 aliphatic heterocycles. The summed E-state index contributed by atoms with van der Waals surface area (Å²) in [4.78, 5) is 0. The molecular formula is C14H19F2N. The number of benzene rings is 1. The van der Waals surface area contributed by atoms with Crippen LogP contribution in [0.25, 0.3) is 0 Å². The highest BCUT2D eigenvalue weighted by molar-refractivity contribution is 5.45. The highest BCUT2D eigenvalue weighted by Crippen LogP contribution is 2.23. The van der Waals surface area contributed by atoms with Gasteiger partial charge in [-0.2, -0.15) is 0 Å². The summed E-state index contributed by atoms with van der Waals surface area (Å²) >= 11 is 0. The van der Waals surface area contributed by atoms with Crippen molar-refractivity contribution in [3.63, 3.8) is 0 Å². The van der Waals surface area contributed by atoms with Gasteiger partial charge in [0.15, 0.2) is 11.6 Å². The van der Waals surface area contributed by atoms with Gasteiger partial charge in [-0.05, 0) is 25.0 Å². The largest absolute Gasteiger partial charge is 0.380 e. The summed E-state index contributed by atoms with van der Waals surface area (Å²) < 4.78 is 26.6. The van der Waals surface area contributed by atoms with E-state index in [-0.39, 0.29) is 6.04 Å². The molecule has 0 unspecified atom stereocenters. The fourth-order valence-electron chi connectivity index (χ4n) is 2.44. The molecule has 1 N–H and O–H groups in total. The van der Waals surface area contributed by atoms with Gasteiger partial charge in [-0.3, -0.25) is 0 Å². The van der Waals surface area contributed by atoms with E-state index in [0.717, 1.165) is 18.9 Å². The molecule has 1 saturated carbocycles. The molecule has 0 heterocycles. The summed E-state index contributed by atoms with van der Waals surface area (Å²) in [5, 5.41) is 3.14. The van der Waals surface area contributed by atoms with Crippen molar-refractivity contribution in [3.8, 4) is 0 Å². The van der Waals surface area contributed by atoms with E-state index >= 15 is 0 Å². The minimum Gasteiger partial charge on any atom is -0.380 e. The lowest BCUT2D eigenvalue weighted by Crippen LogP contribution is -2.21. The summed E-state index contributed by atoms with van der Waals surface area (Å²) in [6.07, 6.45) is 8.27. The van der Waals surface area contributed by atoms with Crippen molar-refractivity contribution in [2.45, 2.75) is 51.0 Å². The van der Waals surface area contributed by atoms with Gasteiger partial charge < -0.3 is 5.32 Å².